The van der Waals surface area contributed by atoms with Gasteiger partial charge in [-0.3, -0.25) is 0 Å². The summed E-state index contributed by atoms with van der Waals surface area (Å²) in [6, 6.07) is 38.8. The number of nitrogens with zero attached hydrogens (tertiary/aromatic N) is 1. The van der Waals surface area contributed by atoms with Crippen molar-refractivity contribution in [2.75, 3.05) is 5.32 Å². The molecule has 248 valence electrons. The van der Waals surface area contributed by atoms with Gasteiger partial charge in [-0.15, -0.1) is 0 Å². The number of anilines is 2. The normalized spacial score (nSPS) is 13.0. The van der Waals surface area contributed by atoms with E-state index in [2.05, 4.69) is 196 Å². The van der Waals surface area contributed by atoms with Crippen LogP contribution in [0.1, 0.15) is 105 Å². The summed E-state index contributed by atoms with van der Waals surface area (Å²) >= 11 is 0. The Balaban J connectivity index is 1.48. The Kier molecular flexibility index (Phi) is 8.18. The van der Waals surface area contributed by atoms with Gasteiger partial charge >= 0.3 is 0 Å². The number of benzene rings is 5. The van der Waals surface area contributed by atoms with Gasteiger partial charge < -0.3 is 9.88 Å². The predicted molar refractivity (Wildman–Crippen MR) is 211 cm³/mol. The van der Waals surface area contributed by atoms with Crippen LogP contribution < -0.4 is 5.32 Å². The highest BCUT2D eigenvalue weighted by atomic mass is 15.0. The van der Waals surface area contributed by atoms with Crippen LogP contribution in [0.4, 0.5) is 11.4 Å². The number of para-hydroxylation sites is 1. The highest BCUT2D eigenvalue weighted by Gasteiger charge is 2.23. The van der Waals surface area contributed by atoms with Crippen molar-refractivity contribution < 1.29 is 0 Å². The molecule has 0 fully saturated rings. The maximum absolute atomic E-state index is 3.83. The topological polar surface area (TPSA) is 17.0 Å². The zero-order chi connectivity index (χ0) is 34.8. The Bertz CT molecular complexity index is 2030. The Morgan fingerprint density at radius 1 is 0.438 bits per heavy atom. The monoisotopic (exact) mass is 634 g/mol. The van der Waals surface area contributed by atoms with Crippen LogP contribution >= 0.6 is 0 Å². The first-order valence-electron chi connectivity index (χ1n) is 17.5. The highest BCUT2D eigenvalue weighted by Crippen LogP contribution is 2.40. The molecule has 48 heavy (non-hydrogen) atoms. The van der Waals surface area contributed by atoms with E-state index in [-0.39, 0.29) is 21.7 Å². The highest BCUT2D eigenvalue weighted by molar-refractivity contribution is 6.10. The summed E-state index contributed by atoms with van der Waals surface area (Å²) in [5.41, 5.74) is 13.9. The minimum atomic E-state index is 0.0519. The third kappa shape index (κ3) is 6.55. The van der Waals surface area contributed by atoms with Crippen molar-refractivity contribution in [3.05, 3.63) is 125 Å². The van der Waals surface area contributed by atoms with E-state index < -0.39 is 0 Å². The number of aromatic nitrogens is 1. The van der Waals surface area contributed by atoms with E-state index in [9.17, 15) is 0 Å². The fourth-order valence-corrected chi connectivity index (χ4v) is 6.61. The van der Waals surface area contributed by atoms with Crippen molar-refractivity contribution in [3.8, 4) is 16.8 Å². The second-order valence-electron chi connectivity index (χ2n) is 17.8. The molecule has 2 heteroatoms. The van der Waals surface area contributed by atoms with Gasteiger partial charge in [0.25, 0.3) is 0 Å². The predicted octanol–water partition coefficient (Wildman–Crippen LogP) is 13.4. The maximum atomic E-state index is 3.83. The zero-order valence-electron chi connectivity index (χ0n) is 31.3. The molecule has 0 aliphatic heterocycles. The standard InChI is InChI=1S/C46H54N2/c1-43(2,3)31-20-22-41-38(27-31)39-28-32(44(4,5)6)21-23-42(39)48(41)36-17-15-16-35(29-36)47-40-19-14-13-18-37(40)30-24-33(45(7,8)9)26-34(25-30)46(10,11)12/h13-29,47H,1-12H3. The smallest absolute Gasteiger partial charge is 0.0541 e. The number of hydrogen-bond donors (Lipinski definition) is 1. The van der Waals surface area contributed by atoms with Gasteiger partial charge in [-0.1, -0.05) is 138 Å². The first kappa shape index (κ1) is 33.6. The first-order chi connectivity index (χ1) is 22.3. The fraction of sp³-hybridized carbons (Fsp3) is 0.348. The van der Waals surface area contributed by atoms with Crippen LogP contribution in [-0.2, 0) is 21.7 Å². The summed E-state index contributed by atoms with van der Waals surface area (Å²) in [6.45, 7) is 27.6. The molecule has 0 atom stereocenters. The van der Waals surface area contributed by atoms with Crippen LogP contribution in [0.25, 0.3) is 38.6 Å². The zero-order valence-corrected chi connectivity index (χ0v) is 31.3. The molecule has 5 aromatic carbocycles. The molecule has 0 spiro atoms. The van der Waals surface area contributed by atoms with E-state index in [1.807, 2.05) is 0 Å². The lowest BCUT2D eigenvalue weighted by Gasteiger charge is -2.27. The van der Waals surface area contributed by atoms with Crippen LogP contribution in [0, 0.1) is 0 Å². The molecule has 0 aliphatic carbocycles. The minimum absolute atomic E-state index is 0.0519. The van der Waals surface area contributed by atoms with Crippen LogP contribution in [0.2, 0.25) is 0 Å². The SMILES string of the molecule is CC(C)(C)c1cc(-c2ccccc2Nc2cccc(-n3c4ccc(C(C)(C)C)cc4c4cc(C(C)(C)C)ccc43)c2)cc(C(C)(C)C)c1. The van der Waals surface area contributed by atoms with Gasteiger partial charge in [0.1, 0.15) is 0 Å². The molecule has 0 saturated carbocycles. The average Bonchev–Trinajstić information content (AvgIpc) is 3.33. The van der Waals surface area contributed by atoms with Crippen molar-refractivity contribution in [3.63, 3.8) is 0 Å². The molecule has 0 aliphatic rings. The summed E-state index contributed by atoms with van der Waals surface area (Å²) < 4.78 is 2.43. The lowest BCUT2D eigenvalue weighted by molar-refractivity contribution is 0.569. The molecule has 0 unspecified atom stereocenters. The Morgan fingerprint density at radius 3 is 1.44 bits per heavy atom. The number of fused-ring (bicyclic) bond motifs is 3. The van der Waals surface area contributed by atoms with Gasteiger partial charge in [0.05, 0.1) is 11.0 Å². The molecule has 0 bridgehead atoms. The summed E-state index contributed by atoms with van der Waals surface area (Å²) in [4.78, 5) is 0. The molecule has 1 heterocycles. The molecule has 6 rings (SSSR count). The Hall–Kier alpha value is -4.30. The molecular weight excluding hydrogens is 581 g/mol. The van der Waals surface area contributed by atoms with E-state index >= 15 is 0 Å². The summed E-state index contributed by atoms with van der Waals surface area (Å²) in [5.74, 6) is 0. The van der Waals surface area contributed by atoms with Crippen LogP contribution in [0.5, 0.6) is 0 Å². The van der Waals surface area contributed by atoms with Gasteiger partial charge in [0.15, 0.2) is 0 Å². The van der Waals surface area contributed by atoms with Gasteiger partial charge in [-0.2, -0.15) is 0 Å². The van der Waals surface area contributed by atoms with E-state index in [1.165, 1.54) is 55.2 Å². The molecule has 1 N–H and O–H groups in total. The van der Waals surface area contributed by atoms with Gasteiger partial charge in [-0.25, -0.2) is 0 Å². The van der Waals surface area contributed by atoms with Crippen molar-refractivity contribution >= 4 is 33.2 Å². The van der Waals surface area contributed by atoms with Gasteiger partial charge in [0.2, 0.25) is 0 Å². The fourth-order valence-electron chi connectivity index (χ4n) is 6.61. The first-order valence-corrected chi connectivity index (χ1v) is 17.5. The largest absolute Gasteiger partial charge is 0.355 e. The molecular formula is C46H54N2. The molecule has 6 aromatic rings. The third-order valence-electron chi connectivity index (χ3n) is 9.78. The van der Waals surface area contributed by atoms with Gasteiger partial charge in [-0.05, 0) is 98.0 Å². The van der Waals surface area contributed by atoms with E-state index in [0.29, 0.717) is 0 Å². The quantitative estimate of drug-likeness (QED) is 0.204. The van der Waals surface area contributed by atoms with Crippen molar-refractivity contribution in [2.45, 2.75) is 105 Å². The van der Waals surface area contributed by atoms with Crippen molar-refractivity contribution in [1.82, 2.24) is 4.57 Å². The van der Waals surface area contributed by atoms with Crippen molar-refractivity contribution in [2.24, 2.45) is 0 Å². The Morgan fingerprint density at radius 2 is 0.938 bits per heavy atom. The number of nitrogens with one attached hydrogen (secondary N) is 1. The van der Waals surface area contributed by atoms with Crippen LogP contribution in [0.15, 0.2) is 103 Å². The third-order valence-corrected chi connectivity index (χ3v) is 9.78. The average molecular weight is 635 g/mol. The van der Waals surface area contributed by atoms with Gasteiger partial charge in [0, 0.05) is 33.4 Å². The minimum Gasteiger partial charge on any atom is -0.355 e. The summed E-state index contributed by atoms with van der Waals surface area (Å²) in [6.07, 6.45) is 0. The van der Waals surface area contributed by atoms with E-state index in [4.69, 9.17) is 0 Å². The second kappa shape index (κ2) is 11.7. The molecule has 2 nitrogen and oxygen atoms in total. The summed E-state index contributed by atoms with van der Waals surface area (Å²) in [7, 11) is 0. The van der Waals surface area contributed by atoms with E-state index in [0.717, 1.165) is 17.1 Å². The lowest BCUT2D eigenvalue weighted by atomic mass is 9.79. The maximum Gasteiger partial charge on any atom is 0.0541 e. The number of rotatable bonds is 4. The van der Waals surface area contributed by atoms with E-state index in [1.54, 1.807) is 0 Å². The second-order valence-corrected chi connectivity index (χ2v) is 17.8. The lowest BCUT2D eigenvalue weighted by Crippen LogP contribution is -2.16. The molecule has 1 aromatic heterocycles. The molecule has 0 amide bonds. The number of hydrogen-bond acceptors (Lipinski definition) is 1. The van der Waals surface area contributed by atoms with Crippen LogP contribution in [0.3, 0.4) is 0 Å². The molecule has 0 radical (unpaired) electrons. The molecule has 0 saturated heterocycles. The van der Waals surface area contributed by atoms with Crippen molar-refractivity contribution in [1.29, 1.82) is 0 Å². The summed E-state index contributed by atoms with van der Waals surface area (Å²) in [5, 5.41) is 6.44. The Labute approximate surface area is 289 Å². The van der Waals surface area contributed by atoms with Crippen LogP contribution in [-0.4, -0.2) is 4.57 Å².